The number of anilines is 1. The average Bonchev–Trinajstić information content (AvgIpc) is 2.89. The standard InChI is InChI=1S/C18H27N5O/c1-20-7-11-22(12-8-20)18(23-13-9-21(2)10-14-23)15-5-3-4-6-16(15)19-17(18)24/h3-6H,7-14H2,1-2H3,(H,19,24). The Morgan fingerprint density at radius 2 is 1.33 bits per heavy atom. The van der Waals surface area contributed by atoms with Gasteiger partial charge in [0, 0.05) is 63.6 Å². The molecular formula is C18H27N5O. The number of fused-ring (bicyclic) bond motifs is 1. The Kier molecular flexibility index (Phi) is 4.08. The van der Waals surface area contributed by atoms with Gasteiger partial charge in [0.2, 0.25) is 0 Å². The van der Waals surface area contributed by atoms with Crippen LogP contribution in [-0.4, -0.2) is 92.0 Å². The maximum Gasteiger partial charge on any atom is 0.264 e. The number of para-hydroxylation sites is 1. The van der Waals surface area contributed by atoms with Crippen molar-refractivity contribution in [2.75, 3.05) is 71.8 Å². The number of carbonyl (C=O) groups excluding carboxylic acids is 1. The van der Waals surface area contributed by atoms with Crippen molar-refractivity contribution < 1.29 is 4.79 Å². The van der Waals surface area contributed by atoms with Crippen molar-refractivity contribution in [3.63, 3.8) is 0 Å². The molecule has 130 valence electrons. The molecule has 0 radical (unpaired) electrons. The summed E-state index contributed by atoms with van der Waals surface area (Å²) in [5, 5.41) is 3.16. The quantitative estimate of drug-likeness (QED) is 0.845. The molecule has 0 aromatic heterocycles. The third-order valence-electron chi connectivity index (χ3n) is 5.79. The monoisotopic (exact) mass is 329 g/mol. The summed E-state index contributed by atoms with van der Waals surface area (Å²) < 4.78 is 0. The SMILES string of the molecule is CN1CCN(C2(N3CCN(C)CC3)C(=O)Nc3ccccc32)CC1. The highest BCUT2D eigenvalue weighted by molar-refractivity contribution is 6.05. The summed E-state index contributed by atoms with van der Waals surface area (Å²) in [6.45, 7) is 7.70. The summed E-state index contributed by atoms with van der Waals surface area (Å²) in [5.74, 6) is 0.123. The van der Waals surface area contributed by atoms with Crippen LogP contribution in [0.3, 0.4) is 0 Å². The molecular weight excluding hydrogens is 302 g/mol. The Balaban J connectivity index is 1.77. The minimum atomic E-state index is -0.640. The first-order chi connectivity index (χ1) is 11.6. The van der Waals surface area contributed by atoms with Crippen molar-refractivity contribution in [1.29, 1.82) is 0 Å². The Bertz CT molecular complexity index is 596. The van der Waals surface area contributed by atoms with Crippen LogP contribution in [0.1, 0.15) is 5.56 Å². The molecule has 0 saturated carbocycles. The van der Waals surface area contributed by atoms with E-state index in [1.54, 1.807) is 0 Å². The Labute approximate surface area is 144 Å². The van der Waals surface area contributed by atoms with E-state index in [4.69, 9.17) is 0 Å². The van der Waals surface area contributed by atoms with E-state index in [2.05, 4.69) is 51.1 Å². The van der Waals surface area contributed by atoms with Gasteiger partial charge >= 0.3 is 0 Å². The van der Waals surface area contributed by atoms with E-state index in [1.807, 2.05) is 12.1 Å². The van der Waals surface area contributed by atoms with Gasteiger partial charge in [0.25, 0.3) is 5.91 Å². The molecule has 0 aliphatic carbocycles. The fraction of sp³-hybridized carbons (Fsp3) is 0.611. The van der Waals surface area contributed by atoms with Gasteiger partial charge in [0.15, 0.2) is 5.66 Å². The molecule has 3 aliphatic rings. The van der Waals surface area contributed by atoms with Gasteiger partial charge < -0.3 is 15.1 Å². The summed E-state index contributed by atoms with van der Waals surface area (Å²) in [7, 11) is 4.31. The van der Waals surface area contributed by atoms with Gasteiger partial charge in [0.1, 0.15) is 0 Å². The first-order valence-corrected chi connectivity index (χ1v) is 8.90. The van der Waals surface area contributed by atoms with Gasteiger partial charge in [-0.15, -0.1) is 0 Å². The highest BCUT2D eigenvalue weighted by atomic mass is 16.2. The summed E-state index contributed by atoms with van der Waals surface area (Å²) in [6.07, 6.45) is 0. The number of rotatable bonds is 2. The van der Waals surface area contributed by atoms with E-state index in [9.17, 15) is 4.79 Å². The maximum atomic E-state index is 13.3. The lowest BCUT2D eigenvalue weighted by Gasteiger charge is -2.51. The van der Waals surface area contributed by atoms with Crippen molar-refractivity contribution in [3.05, 3.63) is 29.8 Å². The molecule has 3 aliphatic heterocycles. The van der Waals surface area contributed by atoms with Crippen LogP contribution in [0.2, 0.25) is 0 Å². The first-order valence-electron chi connectivity index (χ1n) is 8.90. The summed E-state index contributed by atoms with van der Waals surface area (Å²) in [4.78, 5) is 22.8. The zero-order chi connectivity index (χ0) is 16.7. The highest BCUT2D eigenvalue weighted by Crippen LogP contribution is 2.43. The molecule has 0 atom stereocenters. The topological polar surface area (TPSA) is 42.1 Å². The average molecular weight is 329 g/mol. The molecule has 1 aromatic rings. The number of piperazine rings is 2. The van der Waals surface area contributed by atoms with Gasteiger partial charge in [-0.05, 0) is 20.2 Å². The largest absolute Gasteiger partial charge is 0.323 e. The van der Waals surface area contributed by atoms with Crippen LogP contribution in [0, 0.1) is 0 Å². The third-order valence-corrected chi connectivity index (χ3v) is 5.79. The van der Waals surface area contributed by atoms with Crippen LogP contribution in [0.15, 0.2) is 24.3 Å². The van der Waals surface area contributed by atoms with E-state index in [0.717, 1.165) is 63.6 Å². The minimum absolute atomic E-state index is 0.123. The normalized spacial score (nSPS) is 26.3. The van der Waals surface area contributed by atoms with E-state index < -0.39 is 5.66 Å². The number of hydrogen-bond acceptors (Lipinski definition) is 5. The third kappa shape index (κ3) is 2.37. The zero-order valence-corrected chi connectivity index (χ0v) is 14.7. The maximum absolute atomic E-state index is 13.3. The second kappa shape index (κ2) is 6.11. The van der Waals surface area contributed by atoms with Gasteiger partial charge in [-0.3, -0.25) is 14.6 Å². The minimum Gasteiger partial charge on any atom is -0.323 e. The van der Waals surface area contributed by atoms with Crippen LogP contribution in [0.5, 0.6) is 0 Å². The van der Waals surface area contributed by atoms with E-state index >= 15 is 0 Å². The van der Waals surface area contributed by atoms with Crippen LogP contribution >= 0.6 is 0 Å². The lowest BCUT2D eigenvalue weighted by atomic mass is 9.94. The van der Waals surface area contributed by atoms with Crippen molar-refractivity contribution in [3.8, 4) is 0 Å². The molecule has 1 N–H and O–H groups in total. The molecule has 2 saturated heterocycles. The molecule has 1 aromatic carbocycles. The number of likely N-dealkylation sites (N-methyl/N-ethyl adjacent to an activating group) is 2. The second-order valence-electron chi connectivity index (χ2n) is 7.25. The molecule has 6 nitrogen and oxygen atoms in total. The number of nitrogens with one attached hydrogen (secondary N) is 1. The fourth-order valence-corrected chi connectivity index (χ4v) is 4.32. The molecule has 1 amide bonds. The predicted octanol–water partition coefficient (Wildman–Crippen LogP) is 0.286. The number of hydrogen-bond donors (Lipinski definition) is 1. The van der Waals surface area contributed by atoms with Crippen molar-refractivity contribution in [1.82, 2.24) is 19.6 Å². The summed E-state index contributed by atoms with van der Waals surface area (Å²) in [5.41, 5.74) is 1.46. The Hall–Kier alpha value is -1.47. The number of carbonyl (C=O) groups is 1. The molecule has 24 heavy (non-hydrogen) atoms. The Morgan fingerprint density at radius 3 is 1.88 bits per heavy atom. The van der Waals surface area contributed by atoms with Gasteiger partial charge in [-0.2, -0.15) is 0 Å². The first kappa shape index (κ1) is 16.0. The molecule has 2 fully saturated rings. The summed E-state index contributed by atoms with van der Waals surface area (Å²) in [6, 6.07) is 8.22. The van der Waals surface area contributed by atoms with Crippen LogP contribution in [0.4, 0.5) is 5.69 Å². The number of benzene rings is 1. The van der Waals surface area contributed by atoms with Crippen molar-refractivity contribution >= 4 is 11.6 Å². The number of nitrogens with zero attached hydrogens (tertiary/aromatic N) is 4. The van der Waals surface area contributed by atoms with Crippen LogP contribution in [-0.2, 0) is 10.5 Å². The molecule has 0 bridgehead atoms. The predicted molar refractivity (Wildman–Crippen MR) is 94.9 cm³/mol. The lowest BCUT2D eigenvalue weighted by Crippen LogP contribution is -2.68. The van der Waals surface area contributed by atoms with Gasteiger partial charge in [-0.25, -0.2) is 0 Å². The molecule has 0 spiro atoms. The van der Waals surface area contributed by atoms with Crippen molar-refractivity contribution in [2.24, 2.45) is 0 Å². The smallest absolute Gasteiger partial charge is 0.264 e. The molecule has 6 heteroatoms. The molecule has 0 unspecified atom stereocenters. The molecule has 3 heterocycles. The lowest BCUT2D eigenvalue weighted by molar-refractivity contribution is -0.150. The van der Waals surface area contributed by atoms with Crippen LogP contribution < -0.4 is 5.32 Å². The highest BCUT2D eigenvalue weighted by Gasteiger charge is 2.55. The Morgan fingerprint density at radius 1 is 0.833 bits per heavy atom. The van der Waals surface area contributed by atoms with Crippen molar-refractivity contribution in [2.45, 2.75) is 5.66 Å². The number of amides is 1. The van der Waals surface area contributed by atoms with Gasteiger partial charge in [0.05, 0.1) is 0 Å². The van der Waals surface area contributed by atoms with Gasteiger partial charge in [-0.1, -0.05) is 18.2 Å². The molecule has 4 rings (SSSR count). The van der Waals surface area contributed by atoms with Crippen LogP contribution in [0.25, 0.3) is 0 Å². The fourth-order valence-electron chi connectivity index (χ4n) is 4.32. The van der Waals surface area contributed by atoms with E-state index in [1.165, 1.54) is 0 Å². The van der Waals surface area contributed by atoms with E-state index in [-0.39, 0.29) is 5.91 Å². The van der Waals surface area contributed by atoms with E-state index in [0.29, 0.717) is 0 Å². The summed E-state index contributed by atoms with van der Waals surface area (Å²) >= 11 is 0. The second-order valence-corrected chi connectivity index (χ2v) is 7.25. The zero-order valence-electron chi connectivity index (χ0n) is 14.7.